The molecule has 1 fully saturated rings. The highest BCUT2D eigenvalue weighted by Gasteiger charge is 2.26. The Morgan fingerprint density at radius 2 is 1.88 bits per heavy atom. The zero-order chi connectivity index (χ0) is 19.2. The molecule has 1 amide bonds. The highest BCUT2D eigenvalue weighted by Crippen LogP contribution is 2.16. The molecule has 1 saturated heterocycles. The molecule has 26 heavy (non-hydrogen) atoms. The third-order valence-corrected chi connectivity index (χ3v) is 5.53. The first kappa shape index (κ1) is 20.1. The molecule has 9 heteroatoms. The number of carboxylic acids is 1. The van der Waals surface area contributed by atoms with E-state index in [0.717, 1.165) is 0 Å². The SMILES string of the molecule is CNS(=O)(=O)c1ccc(/C=C\C(=O)N(CC(=O)O)C2CCOCC2)cc1. The van der Waals surface area contributed by atoms with Gasteiger partial charge in [0.1, 0.15) is 6.54 Å². The van der Waals surface area contributed by atoms with Crippen molar-refractivity contribution >= 4 is 28.0 Å². The first-order valence-corrected chi connectivity index (χ1v) is 9.63. The molecule has 1 aliphatic rings. The van der Waals surface area contributed by atoms with Crippen LogP contribution in [0, 0.1) is 0 Å². The van der Waals surface area contributed by atoms with Crippen molar-refractivity contribution in [1.29, 1.82) is 0 Å². The van der Waals surface area contributed by atoms with Gasteiger partial charge in [-0.25, -0.2) is 13.1 Å². The molecule has 0 aliphatic carbocycles. The number of benzene rings is 1. The predicted octanol–water partition coefficient (Wildman–Crippen LogP) is 0.700. The van der Waals surface area contributed by atoms with E-state index in [1.54, 1.807) is 12.1 Å². The number of nitrogens with one attached hydrogen (secondary N) is 1. The third kappa shape index (κ3) is 5.38. The van der Waals surface area contributed by atoms with Gasteiger partial charge in [0, 0.05) is 25.3 Å². The number of aliphatic carboxylic acids is 1. The molecule has 2 N–H and O–H groups in total. The van der Waals surface area contributed by atoms with Gasteiger partial charge in [-0.05, 0) is 43.7 Å². The first-order chi connectivity index (χ1) is 12.3. The van der Waals surface area contributed by atoms with E-state index in [-0.39, 0.29) is 17.5 Å². The van der Waals surface area contributed by atoms with E-state index in [1.807, 2.05) is 0 Å². The topological polar surface area (TPSA) is 113 Å². The van der Waals surface area contributed by atoms with Gasteiger partial charge >= 0.3 is 5.97 Å². The Bertz CT molecular complexity index is 767. The van der Waals surface area contributed by atoms with Gasteiger partial charge in [-0.3, -0.25) is 9.59 Å². The minimum atomic E-state index is -3.51. The summed E-state index contributed by atoms with van der Waals surface area (Å²) in [7, 11) is -2.19. The van der Waals surface area contributed by atoms with Crippen molar-refractivity contribution in [3.8, 4) is 0 Å². The summed E-state index contributed by atoms with van der Waals surface area (Å²) in [6.07, 6.45) is 4.04. The Labute approximate surface area is 152 Å². The largest absolute Gasteiger partial charge is 0.480 e. The smallest absolute Gasteiger partial charge is 0.323 e. The van der Waals surface area contributed by atoms with Crippen LogP contribution in [0.1, 0.15) is 18.4 Å². The van der Waals surface area contributed by atoms with E-state index >= 15 is 0 Å². The maximum absolute atomic E-state index is 12.5. The predicted molar refractivity (Wildman–Crippen MR) is 94.9 cm³/mol. The summed E-state index contributed by atoms with van der Waals surface area (Å²) in [6, 6.07) is 5.85. The molecule has 2 rings (SSSR count). The molecular formula is C17H22N2O6S. The summed E-state index contributed by atoms with van der Waals surface area (Å²) in [5.41, 5.74) is 0.635. The van der Waals surface area contributed by atoms with Gasteiger partial charge < -0.3 is 14.7 Å². The summed E-state index contributed by atoms with van der Waals surface area (Å²) in [6.45, 7) is 0.631. The zero-order valence-electron chi connectivity index (χ0n) is 14.4. The van der Waals surface area contributed by atoms with Crippen LogP contribution in [-0.4, -0.2) is 63.1 Å². The van der Waals surface area contributed by atoms with E-state index in [9.17, 15) is 18.0 Å². The molecule has 0 aromatic heterocycles. The molecule has 0 bridgehead atoms. The van der Waals surface area contributed by atoms with Gasteiger partial charge in [0.05, 0.1) is 4.90 Å². The van der Waals surface area contributed by atoms with Crippen LogP contribution in [0.15, 0.2) is 35.2 Å². The standard InChI is InChI=1S/C17H22N2O6S/c1-18-26(23,24)15-5-2-13(3-6-15)4-7-16(20)19(12-17(21)22)14-8-10-25-11-9-14/h2-7,14,18H,8-12H2,1H3,(H,21,22)/b7-4-. The molecule has 1 aromatic carbocycles. The van der Waals surface area contributed by atoms with Crippen LogP contribution in [0.2, 0.25) is 0 Å². The van der Waals surface area contributed by atoms with Gasteiger partial charge in [-0.15, -0.1) is 0 Å². The molecule has 8 nitrogen and oxygen atoms in total. The fourth-order valence-electron chi connectivity index (χ4n) is 2.67. The van der Waals surface area contributed by atoms with Crippen LogP contribution < -0.4 is 4.72 Å². The van der Waals surface area contributed by atoms with Crippen molar-refractivity contribution in [2.45, 2.75) is 23.8 Å². The summed E-state index contributed by atoms with van der Waals surface area (Å²) in [5.74, 6) is -1.47. The van der Waals surface area contributed by atoms with Gasteiger partial charge in [0.2, 0.25) is 15.9 Å². The van der Waals surface area contributed by atoms with Crippen molar-refractivity contribution in [1.82, 2.24) is 9.62 Å². The highest BCUT2D eigenvalue weighted by molar-refractivity contribution is 7.89. The summed E-state index contributed by atoms with van der Waals surface area (Å²) >= 11 is 0. The van der Waals surface area contributed by atoms with Crippen LogP contribution in [0.4, 0.5) is 0 Å². The fourth-order valence-corrected chi connectivity index (χ4v) is 3.40. The second kappa shape index (κ2) is 8.93. The lowest BCUT2D eigenvalue weighted by molar-refractivity contribution is -0.145. The number of hydrogen-bond donors (Lipinski definition) is 2. The molecule has 0 saturated carbocycles. The van der Waals surface area contributed by atoms with Crippen LogP contribution in [0.3, 0.4) is 0 Å². The Hall–Kier alpha value is -2.23. The molecule has 0 radical (unpaired) electrons. The number of hydrogen-bond acceptors (Lipinski definition) is 5. The first-order valence-electron chi connectivity index (χ1n) is 8.15. The molecule has 0 unspecified atom stereocenters. The Kier molecular flexibility index (Phi) is 6.90. The number of amides is 1. The number of carbonyl (C=O) groups excluding carboxylic acids is 1. The van der Waals surface area contributed by atoms with E-state index in [1.165, 1.54) is 36.2 Å². The number of carboxylic acid groups (broad SMARTS) is 1. The van der Waals surface area contributed by atoms with Crippen LogP contribution in [0.5, 0.6) is 0 Å². The lowest BCUT2D eigenvalue weighted by Gasteiger charge is -2.32. The van der Waals surface area contributed by atoms with Gasteiger partial charge in [-0.1, -0.05) is 12.1 Å². The molecule has 1 aromatic rings. The van der Waals surface area contributed by atoms with Crippen molar-refractivity contribution in [2.24, 2.45) is 0 Å². The van der Waals surface area contributed by atoms with Crippen molar-refractivity contribution in [3.63, 3.8) is 0 Å². The number of carbonyl (C=O) groups is 2. The average molecular weight is 382 g/mol. The molecule has 0 atom stereocenters. The second-order valence-electron chi connectivity index (χ2n) is 5.81. The summed E-state index contributed by atoms with van der Waals surface area (Å²) < 4.78 is 30.9. The molecule has 142 valence electrons. The summed E-state index contributed by atoms with van der Waals surface area (Å²) in [5, 5.41) is 9.07. The van der Waals surface area contributed by atoms with Crippen molar-refractivity contribution in [2.75, 3.05) is 26.8 Å². The lowest BCUT2D eigenvalue weighted by atomic mass is 10.1. The van der Waals surface area contributed by atoms with Crippen LogP contribution >= 0.6 is 0 Å². The zero-order valence-corrected chi connectivity index (χ0v) is 15.2. The lowest BCUT2D eigenvalue weighted by Crippen LogP contribution is -2.45. The average Bonchev–Trinajstić information content (AvgIpc) is 2.65. The van der Waals surface area contributed by atoms with E-state index in [2.05, 4.69) is 4.72 Å². The Morgan fingerprint density at radius 3 is 2.42 bits per heavy atom. The highest BCUT2D eigenvalue weighted by atomic mass is 32.2. The second-order valence-corrected chi connectivity index (χ2v) is 7.70. The fraction of sp³-hybridized carbons (Fsp3) is 0.412. The molecular weight excluding hydrogens is 360 g/mol. The maximum atomic E-state index is 12.5. The number of ether oxygens (including phenoxy) is 1. The minimum Gasteiger partial charge on any atom is -0.480 e. The van der Waals surface area contributed by atoms with Gasteiger partial charge in [-0.2, -0.15) is 0 Å². The third-order valence-electron chi connectivity index (χ3n) is 4.10. The molecule has 1 heterocycles. The van der Waals surface area contributed by atoms with Crippen molar-refractivity contribution in [3.05, 3.63) is 35.9 Å². The normalized spacial score (nSPS) is 15.9. The van der Waals surface area contributed by atoms with Crippen molar-refractivity contribution < 1.29 is 27.9 Å². The molecule has 1 aliphatic heterocycles. The van der Waals surface area contributed by atoms with E-state index in [0.29, 0.717) is 31.6 Å². The Morgan fingerprint density at radius 1 is 1.27 bits per heavy atom. The van der Waals surface area contributed by atoms with Gasteiger partial charge in [0.25, 0.3) is 0 Å². The van der Waals surface area contributed by atoms with E-state index < -0.39 is 21.9 Å². The van der Waals surface area contributed by atoms with Crippen LogP contribution in [-0.2, 0) is 24.3 Å². The molecule has 0 spiro atoms. The summed E-state index contributed by atoms with van der Waals surface area (Å²) in [4.78, 5) is 25.0. The number of nitrogens with zero attached hydrogens (tertiary/aromatic N) is 1. The van der Waals surface area contributed by atoms with Gasteiger partial charge in [0.15, 0.2) is 0 Å². The maximum Gasteiger partial charge on any atom is 0.323 e. The number of sulfonamides is 1. The van der Waals surface area contributed by atoms with E-state index in [4.69, 9.17) is 9.84 Å². The van der Waals surface area contributed by atoms with Crippen LogP contribution in [0.25, 0.3) is 6.08 Å². The monoisotopic (exact) mass is 382 g/mol. The quantitative estimate of drug-likeness (QED) is 0.671. The number of rotatable bonds is 7. The minimum absolute atomic E-state index is 0.123. The Balaban J connectivity index is 2.10.